The summed E-state index contributed by atoms with van der Waals surface area (Å²) in [6, 6.07) is 0. The largest absolute Gasteiger partial charge is 0.472 e. The lowest BCUT2D eigenvalue weighted by molar-refractivity contribution is -0.161. The highest BCUT2D eigenvalue weighted by molar-refractivity contribution is 7.47. The van der Waals surface area contributed by atoms with E-state index in [0.717, 1.165) is 114 Å². The maximum Gasteiger partial charge on any atom is 0.472 e. The third-order valence-electron chi connectivity index (χ3n) is 19.7. The van der Waals surface area contributed by atoms with Crippen molar-refractivity contribution in [1.29, 1.82) is 0 Å². The first-order valence-electron chi connectivity index (χ1n) is 42.7. The van der Waals surface area contributed by atoms with Gasteiger partial charge in [-0.3, -0.25) is 37.3 Å². The van der Waals surface area contributed by atoms with Crippen molar-refractivity contribution in [3.63, 3.8) is 0 Å². The normalized spacial score (nSPS) is 14.3. The van der Waals surface area contributed by atoms with Crippen molar-refractivity contribution in [3.05, 3.63) is 0 Å². The summed E-state index contributed by atoms with van der Waals surface area (Å²) in [5.74, 6) is 1.05. The third-order valence-corrected chi connectivity index (χ3v) is 21.6. The van der Waals surface area contributed by atoms with Gasteiger partial charge < -0.3 is 33.8 Å². The van der Waals surface area contributed by atoms with E-state index in [1.807, 2.05) is 0 Å². The second-order valence-corrected chi connectivity index (χ2v) is 34.4. The molecule has 0 aromatic carbocycles. The summed E-state index contributed by atoms with van der Waals surface area (Å²) in [5.41, 5.74) is 0. The van der Waals surface area contributed by atoms with Crippen LogP contribution >= 0.6 is 15.6 Å². The predicted molar refractivity (Wildman–Crippen MR) is 418 cm³/mol. The molecule has 0 saturated heterocycles. The highest BCUT2D eigenvalue weighted by Crippen LogP contribution is 2.45. The van der Waals surface area contributed by atoms with Crippen LogP contribution in [0.3, 0.4) is 0 Å². The van der Waals surface area contributed by atoms with Crippen molar-refractivity contribution in [1.82, 2.24) is 0 Å². The summed E-state index contributed by atoms with van der Waals surface area (Å²) in [7, 11) is -9.93. The fourth-order valence-corrected chi connectivity index (χ4v) is 14.3. The lowest BCUT2D eigenvalue weighted by Gasteiger charge is -2.21. The number of esters is 4. The highest BCUT2D eigenvalue weighted by atomic mass is 31.2. The molecule has 17 nitrogen and oxygen atoms in total. The van der Waals surface area contributed by atoms with Crippen LogP contribution in [-0.4, -0.2) is 96.7 Å². The number of carbonyl (C=O) groups excluding carboxylic acids is 4. The second-order valence-electron chi connectivity index (χ2n) is 31.5. The zero-order valence-corrected chi connectivity index (χ0v) is 69.0. The van der Waals surface area contributed by atoms with E-state index in [0.29, 0.717) is 25.7 Å². The Kier molecular flexibility index (Phi) is 70.6. The van der Waals surface area contributed by atoms with E-state index in [1.165, 1.54) is 231 Å². The molecule has 0 saturated carbocycles. The van der Waals surface area contributed by atoms with Crippen LogP contribution in [0.1, 0.15) is 428 Å². The maximum atomic E-state index is 13.1. The summed E-state index contributed by atoms with van der Waals surface area (Å²) >= 11 is 0. The van der Waals surface area contributed by atoms with Crippen LogP contribution in [0.5, 0.6) is 0 Å². The summed E-state index contributed by atoms with van der Waals surface area (Å²) in [4.78, 5) is 73.2. The van der Waals surface area contributed by atoms with Crippen molar-refractivity contribution in [3.8, 4) is 0 Å². The van der Waals surface area contributed by atoms with E-state index in [4.69, 9.17) is 37.0 Å². The number of phosphoric acid groups is 2. The first-order valence-corrected chi connectivity index (χ1v) is 45.7. The molecule has 0 heterocycles. The van der Waals surface area contributed by atoms with Crippen LogP contribution in [0.4, 0.5) is 0 Å². The molecule has 0 amide bonds. The number of phosphoric ester groups is 2. The average molecular weight is 1490 g/mol. The van der Waals surface area contributed by atoms with Crippen molar-refractivity contribution < 1.29 is 80.2 Å². The van der Waals surface area contributed by atoms with Gasteiger partial charge >= 0.3 is 39.5 Å². The predicted octanol–water partition coefficient (Wildman–Crippen LogP) is 24.8. The molecule has 6 atom stereocenters. The van der Waals surface area contributed by atoms with Crippen molar-refractivity contribution >= 4 is 39.5 Å². The number of hydrogen-bond donors (Lipinski definition) is 3. The molecular weight excluding hydrogens is 1330 g/mol. The molecule has 3 unspecified atom stereocenters. The number of carbonyl (C=O) groups is 4. The van der Waals surface area contributed by atoms with Crippen LogP contribution in [0, 0.1) is 23.7 Å². The minimum absolute atomic E-state index is 0.106. The van der Waals surface area contributed by atoms with Gasteiger partial charge in [-0.25, -0.2) is 9.13 Å². The van der Waals surface area contributed by atoms with Crippen LogP contribution in [0.15, 0.2) is 0 Å². The quantitative estimate of drug-likeness (QED) is 0.0222. The Morgan fingerprint density at radius 2 is 0.471 bits per heavy atom. The van der Waals surface area contributed by atoms with Gasteiger partial charge in [-0.05, 0) is 49.4 Å². The number of hydrogen-bond acceptors (Lipinski definition) is 15. The zero-order chi connectivity index (χ0) is 75.3. The fourth-order valence-electron chi connectivity index (χ4n) is 12.8. The van der Waals surface area contributed by atoms with Crippen molar-refractivity contribution in [2.45, 2.75) is 446 Å². The minimum atomic E-state index is -4.96. The lowest BCUT2D eigenvalue weighted by atomic mass is 9.99. The second kappa shape index (κ2) is 72.0. The molecule has 19 heteroatoms. The lowest BCUT2D eigenvalue weighted by Crippen LogP contribution is -2.30. The molecule has 0 aromatic rings. The monoisotopic (exact) mass is 1490 g/mol. The highest BCUT2D eigenvalue weighted by Gasteiger charge is 2.30. The van der Waals surface area contributed by atoms with E-state index < -0.39 is 97.5 Å². The van der Waals surface area contributed by atoms with E-state index in [1.54, 1.807) is 0 Å². The van der Waals surface area contributed by atoms with Crippen LogP contribution in [0.2, 0.25) is 0 Å². The molecule has 606 valence electrons. The Bertz CT molecular complexity index is 1990. The molecule has 102 heavy (non-hydrogen) atoms. The van der Waals surface area contributed by atoms with E-state index in [-0.39, 0.29) is 25.7 Å². The third kappa shape index (κ3) is 74.9. The van der Waals surface area contributed by atoms with Gasteiger partial charge in [0.2, 0.25) is 0 Å². The van der Waals surface area contributed by atoms with Crippen LogP contribution in [-0.2, 0) is 65.4 Å². The summed E-state index contributed by atoms with van der Waals surface area (Å²) in [6.07, 6.45) is 59.5. The Morgan fingerprint density at radius 1 is 0.275 bits per heavy atom. The van der Waals surface area contributed by atoms with Crippen LogP contribution in [0.25, 0.3) is 0 Å². The molecule has 0 bridgehead atoms. The number of unbranched alkanes of at least 4 members (excludes halogenated alkanes) is 45. The van der Waals surface area contributed by atoms with E-state index >= 15 is 0 Å². The van der Waals surface area contributed by atoms with Crippen LogP contribution < -0.4 is 0 Å². The average Bonchev–Trinajstić information content (AvgIpc) is 0.913. The number of rotatable bonds is 80. The molecule has 0 aromatic heterocycles. The molecule has 0 radical (unpaired) electrons. The number of aliphatic hydroxyl groups excluding tert-OH is 1. The van der Waals surface area contributed by atoms with Gasteiger partial charge in [0.1, 0.15) is 19.3 Å². The topological polar surface area (TPSA) is 237 Å². The Labute approximate surface area is 626 Å². The zero-order valence-electron chi connectivity index (χ0n) is 67.2. The SMILES string of the molecule is CCC(C)CCCCCCCCCCC(=O)OC[C@H](COP(=O)(O)OC[C@H](O)COP(=O)(O)OC[C@@H](COC(=O)CCCCCCCCCCCCCCCCC(C)C)OC(=O)CCCCCCCCCCCCCCCCCC(C)C)OC(=O)CCCCCCCCCCCCCCC(C)C. The molecule has 0 spiro atoms. The van der Waals surface area contributed by atoms with Crippen molar-refractivity contribution in [2.75, 3.05) is 39.6 Å². The van der Waals surface area contributed by atoms with Gasteiger partial charge in [-0.15, -0.1) is 0 Å². The Balaban J connectivity index is 5.27. The van der Waals surface area contributed by atoms with Gasteiger partial charge in [0.05, 0.1) is 26.4 Å². The molecule has 0 aliphatic heterocycles. The molecule has 0 rings (SSSR count). The summed E-state index contributed by atoms with van der Waals surface area (Å²) in [5, 5.41) is 10.7. The standard InChI is InChI=1S/C83H162O17P2/c1-9-76(8)62-54-46-38-33-34-40-48-56-64-81(86)94-70-79(100-83(88)66-58-50-42-32-26-20-19-23-29-37-45-53-61-75(6)7)72-98-102(91,92)96-68-77(84)67-95-101(89,90)97-71-78(69-93-80(85)63-55-47-39-30-24-17-14-13-16-22-28-36-44-52-60-74(4)5)99-82(87)65-57-49-41-31-25-18-12-10-11-15-21-27-35-43-51-59-73(2)3/h73-79,84H,9-72H2,1-8H3,(H,89,90)(H,91,92)/t76?,77-,78-,79-/m1/s1. The van der Waals surface area contributed by atoms with E-state index in [9.17, 15) is 43.2 Å². The molecule has 0 aliphatic rings. The fraction of sp³-hybridized carbons (Fsp3) is 0.952. The maximum absolute atomic E-state index is 13.1. The Morgan fingerprint density at radius 3 is 0.696 bits per heavy atom. The van der Waals surface area contributed by atoms with Crippen molar-refractivity contribution in [2.24, 2.45) is 23.7 Å². The number of aliphatic hydroxyl groups is 1. The van der Waals surface area contributed by atoms with Gasteiger partial charge in [0.15, 0.2) is 12.2 Å². The first kappa shape index (κ1) is 100. The number of ether oxygens (including phenoxy) is 4. The summed E-state index contributed by atoms with van der Waals surface area (Å²) < 4.78 is 68.8. The minimum Gasteiger partial charge on any atom is -0.462 e. The van der Waals surface area contributed by atoms with Gasteiger partial charge in [-0.1, -0.05) is 376 Å². The first-order chi connectivity index (χ1) is 49.1. The van der Waals surface area contributed by atoms with Gasteiger partial charge in [0, 0.05) is 25.7 Å². The summed E-state index contributed by atoms with van der Waals surface area (Å²) in [6.45, 7) is 14.3. The molecular formula is C83H162O17P2. The Hall–Kier alpha value is -1.94. The van der Waals surface area contributed by atoms with Gasteiger partial charge in [-0.2, -0.15) is 0 Å². The smallest absolute Gasteiger partial charge is 0.462 e. The van der Waals surface area contributed by atoms with E-state index in [2.05, 4.69) is 55.4 Å². The molecule has 0 aliphatic carbocycles. The molecule has 0 fully saturated rings. The van der Waals surface area contributed by atoms with Gasteiger partial charge in [0.25, 0.3) is 0 Å². The molecule has 3 N–H and O–H groups in total.